The summed E-state index contributed by atoms with van der Waals surface area (Å²) in [7, 11) is 0. The molecule has 1 fully saturated rings. The van der Waals surface area contributed by atoms with E-state index in [-0.39, 0.29) is 0 Å². The zero-order chi connectivity index (χ0) is 12.2. The quantitative estimate of drug-likeness (QED) is 0.906. The van der Waals surface area contributed by atoms with Gasteiger partial charge >= 0.3 is 0 Å². The van der Waals surface area contributed by atoms with Crippen LogP contribution < -0.4 is 10.1 Å². The van der Waals surface area contributed by atoms with Gasteiger partial charge in [-0.1, -0.05) is 6.07 Å². The number of hydrogen-bond donors (Lipinski definition) is 1. The Hall–Kier alpha value is -0.670. The van der Waals surface area contributed by atoms with Crippen molar-refractivity contribution in [3.63, 3.8) is 0 Å². The molecule has 0 aromatic heterocycles. The molecule has 2 aliphatic rings. The van der Waals surface area contributed by atoms with Crippen molar-refractivity contribution in [3.05, 3.63) is 29.3 Å². The fourth-order valence-electron chi connectivity index (χ4n) is 2.70. The second-order valence-electron chi connectivity index (χ2n) is 5.25. The van der Waals surface area contributed by atoms with Gasteiger partial charge in [0.2, 0.25) is 0 Å². The third-order valence-electron chi connectivity index (χ3n) is 3.80. The van der Waals surface area contributed by atoms with Gasteiger partial charge in [0.1, 0.15) is 5.75 Å². The van der Waals surface area contributed by atoms with Crippen molar-refractivity contribution in [2.45, 2.75) is 25.8 Å². The largest absolute Gasteiger partial charge is 0.493 e. The third-order valence-corrected chi connectivity index (χ3v) is 5.09. The Bertz CT molecular complexity index is 401. The molecule has 0 aliphatic carbocycles. The fourth-order valence-corrected chi connectivity index (χ4v) is 3.83. The van der Waals surface area contributed by atoms with Crippen molar-refractivity contribution in [1.29, 1.82) is 0 Å². The predicted octanol–water partition coefficient (Wildman–Crippen LogP) is 2.85. The molecule has 1 unspecified atom stereocenters. The van der Waals surface area contributed by atoms with Gasteiger partial charge in [-0.05, 0) is 60.6 Å². The molecule has 18 heavy (non-hydrogen) atoms. The van der Waals surface area contributed by atoms with Crippen LogP contribution >= 0.6 is 11.8 Å². The Morgan fingerprint density at radius 3 is 3.22 bits per heavy atom. The van der Waals surface area contributed by atoms with Gasteiger partial charge in [-0.2, -0.15) is 11.8 Å². The second-order valence-corrected chi connectivity index (χ2v) is 6.40. The zero-order valence-corrected chi connectivity index (χ0v) is 11.6. The maximum Gasteiger partial charge on any atom is 0.119 e. The van der Waals surface area contributed by atoms with Gasteiger partial charge in [-0.15, -0.1) is 0 Å². The first-order valence-electron chi connectivity index (χ1n) is 6.95. The Kier molecular flexibility index (Phi) is 4.11. The molecule has 0 saturated carbocycles. The molecule has 1 aromatic carbocycles. The van der Waals surface area contributed by atoms with Gasteiger partial charge in [0.25, 0.3) is 0 Å². The minimum Gasteiger partial charge on any atom is -0.493 e. The van der Waals surface area contributed by atoms with Gasteiger partial charge in [0, 0.05) is 12.5 Å². The SMILES string of the molecule is c1cc2c(cc1OCC1CCCSC1)CCNC2. The Labute approximate surface area is 113 Å². The van der Waals surface area contributed by atoms with Crippen LogP contribution in [0.1, 0.15) is 24.0 Å². The normalized spacial score (nSPS) is 23.4. The first-order chi connectivity index (χ1) is 8.92. The minimum absolute atomic E-state index is 0.751. The van der Waals surface area contributed by atoms with Crippen LogP contribution in [0.15, 0.2) is 18.2 Å². The van der Waals surface area contributed by atoms with Crippen LogP contribution in [0.3, 0.4) is 0 Å². The van der Waals surface area contributed by atoms with E-state index < -0.39 is 0 Å². The third kappa shape index (κ3) is 3.01. The van der Waals surface area contributed by atoms with E-state index >= 15 is 0 Å². The van der Waals surface area contributed by atoms with Gasteiger partial charge < -0.3 is 10.1 Å². The molecular weight excluding hydrogens is 242 g/mol. The van der Waals surface area contributed by atoms with Crippen LogP contribution in [-0.4, -0.2) is 24.7 Å². The molecule has 1 N–H and O–H groups in total. The van der Waals surface area contributed by atoms with Crippen LogP contribution in [-0.2, 0) is 13.0 Å². The summed E-state index contributed by atoms with van der Waals surface area (Å²) in [5.74, 6) is 4.42. The second kappa shape index (κ2) is 5.98. The lowest BCUT2D eigenvalue weighted by atomic mass is 10.0. The summed E-state index contributed by atoms with van der Waals surface area (Å²) in [5, 5.41) is 3.40. The molecule has 1 aromatic rings. The average Bonchev–Trinajstić information content (AvgIpc) is 2.46. The molecule has 0 bridgehead atoms. The summed E-state index contributed by atoms with van der Waals surface area (Å²) in [5.41, 5.74) is 2.89. The smallest absolute Gasteiger partial charge is 0.119 e. The van der Waals surface area contributed by atoms with Crippen LogP contribution in [0.25, 0.3) is 0 Å². The summed E-state index contributed by atoms with van der Waals surface area (Å²) in [6.45, 7) is 2.99. The van der Waals surface area contributed by atoms with E-state index in [1.807, 2.05) is 0 Å². The fraction of sp³-hybridized carbons (Fsp3) is 0.600. The van der Waals surface area contributed by atoms with Crippen LogP contribution in [0, 0.1) is 5.92 Å². The number of benzene rings is 1. The van der Waals surface area contributed by atoms with Crippen molar-refractivity contribution >= 4 is 11.8 Å². The molecule has 3 rings (SSSR count). The molecule has 0 radical (unpaired) electrons. The zero-order valence-electron chi connectivity index (χ0n) is 10.8. The topological polar surface area (TPSA) is 21.3 Å². The van der Waals surface area contributed by atoms with Crippen molar-refractivity contribution in [2.75, 3.05) is 24.7 Å². The minimum atomic E-state index is 0.751. The summed E-state index contributed by atoms with van der Waals surface area (Å²) >= 11 is 2.07. The first-order valence-corrected chi connectivity index (χ1v) is 8.10. The lowest BCUT2D eigenvalue weighted by molar-refractivity contribution is 0.252. The summed E-state index contributed by atoms with van der Waals surface area (Å²) < 4.78 is 5.98. The number of nitrogens with one attached hydrogen (secondary N) is 1. The number of fused-ring (bicyclic) bond motifs is 1. The van der Waals surface area contributed by atoms with Gasteiger partial charge in [0.05, 0.1) is 6.61 Å². The van der Waals surface area contributed by atoms with E-state index in [0.29, 0.717) is 0 Å². The Morgan fingerprint density at radius 2 is 2.33 bits per heavy atom. The molecule has 0 amide bonds. The lowest BCUT2D eigenvalue weighted by Gasteiger charge is -2.22. The molecule has 98 valence electrons. The van der Waals surface area contributed by atoms with E-state index in [4.69, 9.17) is 4.74 Å². The molecule has 2 nitrogen and oxygen atoms in total. The maximum atomic E-state index is 5.98. The van der Waals surface area contributed by atoms with Crippen molar-refractivity contribution in [2.24, 2.45) is 5.92 Å². The Morgan fingerprint density at radius 1 is 1.33 bits per heavy atom. The van der Waals surface area contributed by atoms with Crippen molar-refractivity contribution in [3.8, 4) is 5.75 Å². The summed E-state index contributed by atoms with van der Waals surface area (Å²) in [6.07, 6.45) is 3.82. The van der Waals surface area contributed by atoms with Crippen LogP contribution in [0.2, 0.25) is 0 Å². The molecule has 1 atom stereocenters. The van der Waals surface area contributed by atoms with E-state index in [9.17, 15) is 0 Å². The van der Waals surface area contributed by atoms with Gasteiger partial charge in [-0.3, -0.25) is 0 Å². The molecule has 2 aliphatic heterocycles. The highest BCUT2D eigenvalue weighted by atomic mass is 32.2. The molecule has 3 heteroatoms. The Balaban J connectivity index is 1.58. The first kappa shape index (κ1) is 12.4. The molecule has 2 heterocycles. The number of rotatable bonds is 3. The maximum absolute atomic E-state index is 5.98. The molecular formula is C15H21NOS. The number of thioether (sulfide) groups is 1. The standard InChI is InChI=1S/C15H21NOS/c1-2-12(11-18-7-1)10-17-15-4-3-14-9-16-6-5-13(14)8-15/h3-4,8,12,16H,1-2,5-7,9-11H2. The van der Waals surface area contributed by atoms with Crippen molar-refractivity contribution < 1.29 is 4.74 Å². The van der Waals surface area contributed by atoms with Crippen LogP contribution in [0.4, 0.5) is 0 Å². The van der Waals surface area contributed by atoms with Crippen LogP contribution in [0.5, 0.6) is 5.75 Å². The molecule has 1 saturated heterocycles. The highest BCUT2D eigenvalue weighted by molar-refractivity contribution is 7.99. The van der Waals surface area contributed by atoms with E-state index in [1.165, 1.54) is 35.5 Å². The lowest BCUT2D eigenvalue weighted by Crippen LogP contribution is -2.23. The van der Waals surface area contributed by atoms with Gasteiger partial charge in [0.15, 0.2) is 0 Å². The monoisotopic (exact) mass is 263 g/mol. The number of hydrogen-bond acceptors (Lipinski definition) is 3. The number of ether oxygens (including phenoxy) is 1. The van der Waals surface area contributed by atoms with Gasteiger partial charge in [-0.25, -0.2) is 0 Å². The summed E-state index contributed by atoms with van der Waals surface area (Å²) in [6, 6.07) is 6.58. The predicted molar refractivity (Wildman–Crippen MR) is 77.4 cm³/mol. The summed E-state index contributed by atoms with van der Waals surface area (Å²) in [4.78, 5) is 0. The van der Waals surface area contributed by atoms with E-state index in [1.54, 1.807) is 0 Å². The average molecular weight is 263 g/mol. The highest BCUT2D eigenvalue weighted by Gasteiger charge is 2.15. The highest BCUT2D eigenvalue weighted by Crippen LogP contribution is 2.25. The molecule has 0 spiro atoms. The van der Waals surface area contributed by atoms with Crippen molar-refractivity contribution in [1.82, 2.24) is 5.32 Å². The van der Waals surface area contributed by atoms with E-state index in [0.717, 1.165) is 37.8 Å². The van der Waals surface area contributed by atoms with E-state index in [2.05, 4.69) is 35.3 Å².